The summed E-state index contributed by atoms with van der Waals surface area (Å²) in [6, 6.07) is 28.1. The summed E-state index contributed by atoms with van der Waals surface area (Å²) in [7, 11) is 0. The van der Waals surface area contributed by atoms with Crippen LogP contribution in [0.15, 0.2) is 107 Å². The van der Waals surface area contributed by atoms with Gasteiger partial charge in [-0.3, -0.25) is 9.59 Å². The number of nitrogens with one attached hydrogen (secondary N) is 3. The predicted molar refractivity (Wildman–Crippen MR) is 151 cm³/mol. The third-order valence-electron chi connectivity index (χ3n) is 5.85. The quantitative estimate of drug-likeness (QED) is 0.327. The first kappa shape index (κ1) is 26.6. The van der Waals surface area contributed by atoms with Crippen molar-refractivity contribution in [3.05, 3.63) is 112 Å². The van der Waals surface area contributed by atoms with Crippen molar-refractivity contribution in [3.8, 4) is 11.8 Å². The number of nitriles is 1. The number of nitrogens with zero attached hydrogens (tertiary/aromatic N) is 1. The summed E-state index contributed by atoms with van der Waals surface area (Å²) in [5.74, 6) is -0.267. The fraction of sp³-hybridized carbons (Fsp3) is 0.167. The first-order valence-electron chi connectivity index (χ1n) is 12.2. The lowest BCUT2D eigenvalue weighted by Crippen LogP contribution is -2.31. The van der Waals surface area contributed by atoms with E-state index in [-0.39, 0.29) is 17.6 Å². The molecule has 0 radical (unpaired) electrons. The van der Waals surface area contributed by atoms with Crippen molar-refractivity contribution in [2.24, 2.45) is 0 Å². The maximum absolute atomic E-state index is 13.4. The molecule has 3 aromatic rings. The number of ether oxygens (including phenoxy) is 1. The Morgan fingerprint density at radius 1 is 0.947 bits per heavy atom. The summed E-state index contributed by atoms with van der Waals surface area (Å²) < 4.78 is 5.44. The van der Waals surface area contributed by atoms with Crippen LogP contribution >= 0.6 is 11.8 Å². The summed E-state index contributed by atoms with van der Waals surface area (Å²) in [4.78, 5) is 26.1. The van der Waals surface area contributed by atoms with E-state index in [1.54, 1.807) is 24.3 Å². The number of amides is 2. The number of carbonyl (C=O) groups excluding carboxylic acids is 2. The molecule has 7 nitrogen and oxygen atoms in total. The maximum Gasteiger partial charge on any atom is 0.254 e. The largest absolute Gasteiger partial charge is 0.494 e. The highest BCUT2D eigenvalue weighted by atomic mass is 32.2. The highest BCUT2D eigenvalue weighted by Crippen LogP contribution is 2.41. The lowest BCUT2D eigenvalue weighted by Gasteiger charge is -2.29. The number of hydrogen-bond donors (Lipinski definition) is 3. The average molecular weight is 525 g/mol. The molecule has 0 fully saturated rings. The molecule has 2 amide bonds. The molecule has 38 heavy (non-hydrogen) atoms. The number of para-hydroxylation sites is 1. The van der Waals surface area contributed by atoms with Gasteiger partial charge in [-0.1, -0.05) is 60.3 Å². The minimum Gasteiger partial charge on any atom is -0.494 e. The fourth-order valence-corrected chi connectivity index (χ4v) is 5.05. The summed E-state index contributed by atoms with van der Waals surface area (Å²) in [6.45, 7) is 4.29. The predicted octanol–water partition coefficient (Wildman–Crippen LogP) is 5.79. The Balaban J connectivity index is 1.55. The summed E-state index contributed by atoms with van der Waals surface area (Å²) >= 11 is 1.23. The highest BCUT2D eigenvalue weighted by Gasteiger charge is 2.34. The minimum absolute atomic E-state index is 0.0844. The summed E-state index contributed by atoms with van der Waals surface area (Å²) in [5.41, 5.74) is 3.61. The second-order valence-corrected chi connectivity index (χ2v) is 9.46. The van der Waals surface area contributed by atoms with Gasteiger partial charge < -0.3 is 20.7 Å². The number of hydrogen-bond acceptors (Lipinski definition) is 6. The Bertz CT molecular complexity index is 1390. The Labute approximate surface area is 226 Å². The molecule has 192 valence electrons. The number of rotatable bonds is 9. The molecule has 1 atom stereocenters. The molecule has 4 rings (SSSR count). The zero-order chi connectivity index (χ0) is 26.9. The van der Waals surface area contributed by atoms with Gasteiger partial charge in [-0.15, -0.1) is 0 Å². The fourth-order valence-electron chi connectivity index (χ4n) is 4.16. The molecule has 8 heteroatoms. The van der Waals surface area contributed by atoms with Crippen LogP contribution in [-0.2, 0) is 9.59 Å². The van der Waals surface area contributed by atoms with Gasteiger partial charge in [0, 0.05) is 22.6 Å². The molecule has 0 saturated heterocycles. The highest BCUT2D eigenvalue weighted by molar-refractivity contribution is 8.03. The Hall–Kier alpha value is -4.48. The molecule has 3 aromatic carbocycles. The zero-order valence-electron chi connectivity index (χ0n) is 21.2. The van der Waals surface area contributed by atoms with E-state index in [4.69, 9.17) is 4.74 Å². The van der Waals surface area contributed by atoms with E-state index >= 15 is 0 Å². The smallest absolute Gasteiger partial charge is 0.254 e. The molecular formula is C30H28N4O3S. The van der Waals surface area contributed by atoms with Crippen LogP contribution in [0.25, 0.3) is 0 Å². The van der Waals surface area contributed by atoms with Gasteiger partial charge in [0.2, 0.25) is 5.91 Å². The van der Waals surface area contributed by atoms with Gasteiger partial charge in [0.15, 0.2) is 0 Å². The standard InChI is InChI=1S/C30H28N4O3S/c1-3-37-24-16-14-23(15-17-24)33-26(35)19-38-30-25(18-31)28(21-10-6-4-7-11-21)27(20(2)32-30)29(36)34-22-12-8-5-9-13-22/h4-17,28,32H,3,19H2,1-2H3,(H,33,35)(H,34,36). The maximum atomic E-state index is 13.4. The first-order chi connectivity index (χ1) is 18.5. The number of dihydropyridines is 1. The van der Waals surface area contributed by atoms with Crippen LogP contribution in [0.5, 0.6) is 5.75 Å². The van der Waals surface area contributed by atoms with E-state index in [9.17, 15) is 14.9 Å². The van der Waals surface area contributed by atoms with Crippen molar-refractivity contribution in [1.29, 1.82) is 5.26 Å². The summed E-state index contributed by atoms with van der Waals surface area (Å²) in [6.07, 6.45) is 0. The molecule has 1 aliphatic rings. The van der Waals surface area contributed by atoms with E-state index < -0.39 is 5.92 Å². The van der Waals surface area contributed by atoms with E-state index in [1.165, 1.54) is 11.8 Å². The van der Waals surface area contributed by atoms with E-state index in [0.29, 0.717) is 39.9 Å². The van der Waals surface area contributed by atoms with E-state index in [2.05, 4.69) is 22.0 Å². The van der Waals surface area contributed by atoms with Gasteiger partial charge in [-0.05, 0) is 55.8 Å². The molecule has 0 aromatic heterocycles. The molecular weight excluding hydrogens is 496 g/mol. The third-order valence-corrected chi connectivity index (χ3v) is 6.87. The number of carbonyl (C=O) groups is 2. The second-order valence-electron chi connectivity index (χ2n) is 8.48. The normalized spacial score (nSPS) is 14.8. The molecule has 3 N–H and O–H groups in total. The van der Waals surface area contributed by atoms with Gasteiger partial charge in [0.1, 0.15) is 5.75 Å². The number of allylic oxidation sites excluding steroid dienone is 2. The van der Waals surface area contributed by atoms with Crippen molar-refractivity contribution >= 4 is 35.0 Å². The lowest BCUT2D eigenvalue weighted by molar-refractivity contribution is -0.114. The number of anilines is 2. The van der Waals surface area contributed by atoms with Crippen molar-refractivity contribution in [2.45, 2.75) is 19.8 Å². The van der Waals surface area contributed by atoms with E-state index in [0.717, 1.165) is 11.3 Å². The molecule has 0 bridgehead atoms. The van der Waals surface area contributed by atoms with Crippen molar-refractivity contribution in [1.82, 2.24) is 5.32 Å². The Morgan fingerprint density at radius 2 is 1.58 bits per heavy atom. The Morgan fingerprint density at radius 3 is 2.21 bits per heavy atom. The lowest BCUT2D eigenvalue weighted by atomic mass is 9.82. The molecule has 1 heterocycles. The molecule has 1 unspecified atom stereocenters. The van der Waals surface area contributed by atoms with Crippen LogP contribution in [0.3, 0.4) is 0 Å². The van der Waals surface area contributed by atoms with Gasteiger partial charge in [-0.25, -0.2) is 0 Å². The van der Waals surface area contributed by atoms with Crippen molar-refractivity contribution in [2.75, 3.05) is 23.0 Å². The molecule has 0 saturated carbocycles. The number of benzene rings is 3. The van der Waals surface area contributed by atoms with Crippen LogP contribution < -0.4 is 20.7 Å². The Kier molecular flexibility index (Phi) is 8.85. The topological polar surface area (TPSA) is 103 Å². The van der Waals surface area contributed by atoms with Crippen LogP contribution in [0.4, 0.5) is 11.4 Å². The van der Waals surface area contributed by atoms with Crippen LogP contribution in [-0.4, -0.2) is 24.2 Å². The number of thioether (sulfide) groups is 1. The van der Waals surface area contributed by atoms with Crippen LogP contribution in [0.1, 0.15) is 25.3 Å². The SMILES string of the molecule is CCOc1ccc(NC(=O)CSC2=C(C#N)C(c3ccccc3)C(C(=O)Nc3ccccc3)=C(C)N2)cc1. The molecule has 0 spiro atoms. The minimum atomic E-state index is -0.581. The summed E-state index contributed by atoms with van der Waals surface area (Å²) in [5, 5.41) is 19.8. The van der Waals surface area contributed by atoms with Gasteiger partial charge in [0.25, 0.3) is 5.91 Å². The second kappa shape index (κ2) is 12.7. The van der Waals surface area contributed by atoms with Gasteiger partial charge in [0.05, 0.1) is 34.9 Å². The molecule has 1 aliphatic heterocycles. The van der Waals surface area contributed by atoms with Crippen molar-refractivity contribution < 1.29 is 14.3 Å². The monoisotopic (exact) mass is 524 g/mol. The zero-order valence-corrected chi connectivity index (χ0v) is 22.0. The van der Waals surface area contributed by atoms with Crippen molar-refractivity contribution in [3.63, 3.8) is 0 Å². The van der Waals surface area contributed by atoms with Crippen LogP contribution in [0, 0.1) is 11.3 Å². The molecule has 0 aliphatic carbocycles. The third kappa shape index (κ3) is 6.44. The van der Waals surface area contributed by atoms with E-state index in [1.807, 2.05) is 74.5 Å². The average Bonchev–Trinajstić information content (AvgIpc) is 2.93. The first-order valence-corrected chi connectivity index (χ1v) is 13.2. The van der Waals surface area contributed by atoms with Gasteiger partial charge >= 0.3 is 0 Å². The van der Waals surface area contributed by atoms with Crippen LogP contribution in [0.2, 0.25) is 0 Å². The van der Waals surface area contributed by atoms with Gasteiger partial charge in [-0.2, -0.15) is 5.26 Å².